The minimum absolute atomic E-state index is 0.163. The largest absolute Gasteiger partial charge is 0.391 e. The summed E-state index contributed by atoms with van der Waals surface area (Å²) >= 11 is 1.54. The molecule has 1 fully saturated rings. The Morgan fingerprint density at radius 3 is 2.79 bits per heavy atom. The van der Waals surface area contributed by atoms with Crippen molar-refractivity contribution in [1.29, 1.82) is 0 Å². The van der Waals surface area contributed by atoms with Crippen molar-refractivity contribution in [2.45, 2.75) is 44.8 Å². The van der Waals surface area contributed by atoms with Gasteiger partial charge in [-0.05, 0) is 19.8 Å². The fourth-order valence-corrected chi connectivity index (χ4v) is 2.45. The fourth-order valence-electron chi connectivity index (χ4n) is 1.79. The number of nitrogens with zero attached hydrogens (tertiary/aromatic N) is 2. The highest BCUT2D eigenvalue weighted by atomic mass is 32.1. The highest BCUT2D eigenvalue weighted by molar-refractivity contribution is 7.15. The predicted octanol–water partition coefficient (Wildman–Crippen LogP) is 1.56. The fraction of sp³-hybridized carbons (Fsp3) is 0.778. The van der Waals surface area contributed by atoms with Gasteiger partial charge in [-0.15, -0.1) is 10.2 Å². The van der Waals surface area contributed by atoms with Crippen LogP contribution in [0.3, 0.4) is 0 Å². The van der Waals surface area contributed by atoms with Crippen LogP contribution in [0.1, 0.15) is 30.7 Å². The lowest BCUT2D eigenvalue weighted by atomic mass is 9.93. The van der Waals surface area contributed by atoms with Gasteiger partial charge in [-0.25, -0.2) is 0 Å². The van der Waals surface area contributed by atoms with Gasteiger partial charge in [-0.2, -0.15) is 0 Å². The maximum atomic E-state index is 9.73. The van der Waals surface area contributed by atoms with Gasteiger partial charge in [0.05, 0.1) is 12.1 Å². The van der Waals surface area contributed by atoms with Gasteiger partial charge in [-0.1, -0.05) is 24.2 Å². The number of hydrogen-bond acceptors (Lipinski definition) is 5. The molecule has 1 heterocycles. The van der Waals surface area contributed by atoms with Crippen LogP contribution in [0.2, 0.25) is 0 Å². The average molecular weight is 213 g/mol. The molecule has 1 saturated carbocycles. The zero-order chi connectivity index (χ0) is 9.97. The predicted molar refractivity (Wildman–Crippen MR) is 56.5 cm³/mol. The van der Waals surface area contributed by atoms with Crippen LogP contribution in [0.4, 0.5) is 5.13 Å². The van der Waals surface area contributed by atoms with Gasteiger partial charge in [0, 0.05) is 0 Å². The third-order valence-corrected chi connectivity index (χ3v) is 3.33. The first-order chi connectivity index (χ1) is 6.75. The molecule has 0 aliphatic heterocycles. The van der Waals surface area contributed by atoms with Crippen LogP contribution in [0.25, 0.3) is 0 Å². The van der Waals surface area contributed by atoms with E-state index in [-0.39, 0.29) is 12.1 Å². The zero-order valence-corrected chi connectivity index (χ0v) is 9.05. The second-order valence-corrected chi connectivity index (χ2v) is 4.91. The molecule has 1 aliphatic carbocycles. The average Bonchev–Trinajstić information content (AvgIpc) is 2.56. The Morgan fingerprint density at radius 1 is 1.36 bits per heavy atom. The summed E-state index contributed by atoms with van der Waals surface area (Å²) in [5.41, 5.74) is 0. The molecule has 0 unspecified atom stereocenters. The molecular formula is C9H15N3OS. The number of aliphatic hydroxyl groups excluding tert-OH is 1. The van der Waals surface area contributed by atoms with Gasteiger partial charge < -0.3 is 10.4 Å². The Bertz CT molecular complexity index is 302. The number of anilines is 1. The lowest BCUT2D eigenvalue weighted by Gasteiger charge is -2.27. The van der Waals surface area contributed by atoms with Gasteiger partial charge >= 0.3 is 0 Å². The van der Waals surface area contributed by atoms with Crippen LogP contribution < -0.4 is 5.32 Å². The first kappa shape index (κ1) is 9.86. The van der Waals surface area contributed by atoms with E-state index in [0.29, 0.717) is 0 Å². The van der Waals surface area contributed by atoms with E-state index in [1.54, 1.807) is 0 Å². The summed E-state index contributed by atoms with van der Waals surface area (Å²) in [6.45, 7) is 1.93. The Balaban J connectivity index is 1.95. The highest BCUT2D eigenvalue weighted by Crippen LogP contribution is 2.23. The molecule has 4 nitrogen and oxygen atoms in total. The Labute approximate surface area is 87.4 Å². The van der Waals surface area contributed by atoms with Gasteiger partial charge in [-0.3, -0.25) is 0 Å². The molecular weight excluding hydrogens is 198 g/mol. The SMILES string of the molecule is Cc1nnc(N[C@H]2CCCC[C@H]2O)s1. The molecule has 1 aliphatic rings. The second-order valence-electron chi connectivity index (χ2n) is 3.73. The van der Waals surface area contributed by atoms with Crippen LogP contribution >= 0.6 is 11.3 Å². The lowest BCUT2D eigenvalue weighted by molar-refractivity contribution is 0.116. The summed E-state index contributed by atoms with van der Waals surface area (Å²) in [5.74, 6) is 0. The maximum absolute atomic E-state index is 9.73. The Hall–Kier alpha value is -0.680. The Kier molecular flexibility index (Phi) is 2.98. The number of hydrogen-bond donors (Lipinski definition) is 2. The first-order valence-corrected chi connectivity index (χ1v) is 5.82. The molecule has 0 aromatic carbocycles. The molecule has 1 aromatic rings. The molecule has 2 N–H and O–H groups in total. The van der Waals surface area contributed by atoms with Crippen LogP contribution in [0.5, 0.6) is 0 Å². The van der Waals surface area contributed by atoms with E-state index in [0.717, 1.165) is 29.4 Å². The van der Waals surface area contributed by atoms with Crippen LogP contribution in [-0.2, 0) is 0 Å². The van der Waals surface area contributed by atoms with E-state index < -0.39 is 0 Å². The standard InChI is InChI=1S/C9H15N3OS/c1-6-11-12-9(14-6)10-7-4-2-3-5-8(7)13/h7-8,13H,2-5H2,1H3,(H,10,12)/t7-,8+/m0/s1. The topological polar surface area (TPSA) is 58.0 Å². The Morgan fingerprint density at radius 2 is 2.14 bits per heavy atom. The van der Waals surface area contributed by atoms with E-state index in [4.69, 9.17) is 0 Å². The van der Waals surface area contributed by atoms with Crippen molar-refractivity contribution >= 4 is 16.5 Å². The van der Waals surface area contributed by atoms with Crippen molar-refractivity contribution < 1.29 is 5.11 Å². The quantitative estimate of drug-likeness (QED) is 0.782. The summed E-state index contributed by atoms with van der Waals surface area (Å²) < 4.78 is 0. The molecule has 0 amide bonds. The van der Waals surface area contributed by atoms with Gasteiger partial charge in [0.2, 0.25) is 5.13 Å². The minimum atomic E-state index is -0.229. The van der Waals surface area contributed by atoms with Gasteiger partial charge in [0.25, 0.3) is 0 Å². The monoisotopic (exact) mass is 213 g/mol. The van der Waals surface area contributed by atoms with Crippen molar-refractivity contribution in [3.05, 3.63) is 5.01 Å². The van der Waals surface area contributed by atoms with Crippen LogP contribution in [0.15, 0.2) is 0 Å². The van der Waals surface area contributed by atoms with Crippen molar-refractivity contribution in [1.82, 2.24) is 10.2 Å². The minimum Gasteiger partial charge on any atom is -0.391 e. The molecule has 0 radical (unpaired) electrons. The third-order valence-electron chi connectivity index (χ3n) is 2.56. The summed E-state index contributed by atoms with van der Waals surface area (Å²) in [6.07, 6.45) is 4.02. The molecule has 0 spiro atoms. The maximum Gasteiger partial charge on any atom is 0.205 e. The molecule has 0 saturated heterocycles. The number of rotatable bonds is 2. The smallest absolute Gasteiger partial charge is 0.205 e. The van der Waals surface area contributed by atoms with E-state index >= 15 is 0 Å². The molecule has 5 heteroatoms. The highest BCUT2D eigenvalue weighted by Gasteiger charge is 2.23. The number of aromatic nitrogens is 2. The normalized spacial score (nSPS) is 27.6. The summed E-state index contributed by atoms with van der Waals surface area (Å²) in [6, 6.07) is 0.163. The van der Waals surface area contributed by atoms with Crippen molar-refractivity contribution in [3.8, 4) is 0 Å². The molecule has 2 rings (SSSR count). The van der Waals surface area contributed by atoms with Crippen molar-refractivity contribution in [3.63, 3.8) is 0 Å². The van der Waals surface area contributed by atoms with Gasteiger partial charge in [0.1, 0.15) is 5.01 Å². The third kappa shape index (κ3) is 2.22. The van der Waals surface area contributed by atoms with E-state index in [9.17, 15) is 5.11 Å². The number of nitrogens with one attached hydrogen (secondary N) is 1. The van der Waals surface area contributed by atoms with Crippen molar-refractivity contribution in [2.75, 3.05) is 5.32 Å². The van der Waals surface area contributed by atoms with E-state index in [2.05, 4.69) is 15.5 Å². The summed E-state index contributed by atoms with van der Waals surface area (Å²) in [5, 5.41) is 22.7. The van der Waals surface area contributed by atoms with Crippen LogP contribution in [-0.4, -0.2) is 27.4 Å². The summed E-state index contributed by atoms with van der Waals surface area (Å²) in [7, 11) is 0. The first-order valence-electron chi connectivity index (χ1n) is 5.00. The second kappa shape index (κ2) is 4.23. The molecule has 1 aromatic heterocycles. The van der Waals surface area contributed by atoms with Crippen LogP contribution in [0, 0.1) is 6.92 Å². The van der Waals surface area contributed by atoms with Gasteiger partial charge in [0.15, 0.2) is 0 Å². The van der Waals surface area contributed by atoms with Crippen molar-refractivity contribution in [2.24, 2.45) is 0 Å². The molecule has 2 atom stereocenters. The molecule has 78 valence electrons. The lowest BCUT2D eigenvalue weighted by Crippen LogP contribution is -2.36. The number of aliphatic hydroxyl groups is 1. The van der Waals surface area contributed by atoms with E-state index in [1.807, 2.05) is 6.92 Å². The zero-order valence-electron chi connectivity index (χ0n) is 8.23. The number of aryl methyl sites for hydroxylation is 1. The summed E-state index contributed by atoms with van der Waals surface area (Å²) in [4.78, 5) is 0. The molecule has 0 bridgehead atoms. The van der Waals surface area contributed by atoms with E-state index in [1.165, 1.54) is 17.8 Å². The molecule has 14 heavy (non-hydrogen) atoms.